The van der Waals surface area contributed by atoms with E-state index in [1.165, 1.54) is 18.2 Å². The number of hydrogen-bond acceptors (Lipinski definition) is 3. The van der Waals surface area contributed by atoms with Gasteiger partial charge in [0.25, 0.3) is 0 Å². The van der Waals surface area contributed by atoms with E-state index in [-0.39, 0.29) is 5.82 Å². The maximum absolute atomic E-state index is 13.2. The number of halogens is 1. The second-order valence-corrected chi connectivity index (χ2v) is 3.79. The van der Waals surface area contributed by atoms with Crippen molar-refractivity contribution < 1.29 is 9.13 Å². The molecule has 92 valence electrons. The Balaban J connectivity index is 2.34. The standard InChI is InChI=1S/C13H12FN3O/c1-18-5-4-17-9-11(8-16-17)13-6-12(14)3-2-10(13)7-15/h2-3,6,8-9H,4-5H2,1H3. The van der Waals surface area contributed by atoms with Crippen LogP contribution in [0.2, 0.25) is 0 Å². The normalized spacial score (nSPS) is 10.3. The number of nitriles is 1. The first-order chi connectivity index (χ1) is 8.74. The van der Waals surface area contributed by atoms with Crippen LogP contribution >= 0.6 is 0 Å². The summed E-state index contributed by atoms with van der Waals surface area (Å²) in [6.45, 7) is 1.17. The molecule has 1 aromatic heterocycles. The van der Waals surface area contributed by atoms with E-state index in [1.807, 2.05) is 6.07 Å². The molecule has 0 N–H and O–H groups in total. The molecule has 4 nitrogen and oxygen atoms in total. The van der Waals surface area contributed by atoms with Crippen molar-refractivity contribution in [3.05, 3.63) is 42.0 Å². The Labute approximate surface area is 104 Å². The van der Waals surface area contributed by atoms with Crippen LogP contribution in [-0.2, 0) is 11.3 Å². The Morgan fingerprint density at radius 1 is 1.50 bits per heavy atom. The van der Waals surface area contributed by atoms with Crippen LogP contribution in [-0.4, -0.2) is 23.5 Å². The molecular formula is C13H12FN3O. The average Bonchev–Trinajstić information content (AvgIpc) is 2.85. The smallest absolute Gasteiger partial charge is 0.123 e. The van der Waals surface area contributed by atoms with E-state index >= 15 is 0 Å². The molecular weight excluding hydrogens is 233 g/mol. The fourth-order valence-corrected chi connectivity index (χ4v) is 1.66. The topological polar surface area (TPSA) is 50.8 Å². The quantitative estimate of drug-likeness (QED) is 0.829. The highest BCUT2D eigenvalue weighted by molar-refractivity contribution is 5.69. The minimum Gasteiger partial charge on any atom is -0.383 e. The van der Waals surface area contributed by atoms with Crippen LogP contribution in [0.4, 0.5) is 4.39 Å². The van der Waals surface area contributed by atoms with Crippen LogP contribution in [0, 0.1) is 17.1 Å². The van der Waals surface area contributed by atoms with Crippen LogP contribution in [0.15, 0.2) is 30.6 Å². The van der Waals surface area contributed by atoms with E-state index in [0.717, 1.165) is 5.56 Å². The summed E-state index contributed by atoms with van der Waals surface area (Å²) in [4.78, 5) is 0. The number of benzene rings is 1. The van der Waals surface area contributed by atoms with Crippen molar-refractivity contribution in [1.29, 1.82) is 5.26 Å². The summed E-state index contributed by atoms with van der Waals surface area (Å²) in [7, 11) is 1.62. The zero-order chi connectivity index (χ0) is 13.0. The van der Waals surface area contributed by atoms with Crippen LogP contribution in [0.5, 0.6) is 0 Å². The van der Waals surface area contributed by atoms with E-state index in [1.54, 1.807) is 24.2 Å². The van der Waals surface area contributed by atoms with Crippen LogP contribution in [0.3, 0.4) is 0 Å². The van der Waals surface area contributed by atoms with Gasteiger partial charge in [-0.25, -0.2) is 4.39 Å². The molecule has 0 atom stereocenters. The van der Waals surface area contributed by atoms with Crippen molar-refractivity contribution in [1.82, 2.24) is 9.78 Å². The SMILES string of the molecule is COCCn1cc(-c2cc(F)ccc2C#N)cn1. The molecule has 0 aliphatic rings. The van der Waals surface area contributed by atoms with E-state index < -0.39 is 0 Å². The minimum absolute atomic E-state index is 0.367. The van der Waals surface area contributed by atoms with Crippen molar-refractivity contribution in [3.63, 3.8) is 0 Å². The fraction of sp³-hybridized carbons (Fsp3) is 0.231. The third-order valence-corrected chi connectivity index (χ3v) is 2.57. The molecule has 0 saturated heterocycles. The Kier molecular flexibility index (Phi) is 3.70. The predicted molar refractivity (Wildman–Crippen MR) is 64.2 cm³/mol. The van der Waals surface area contributed by atoms with E-state index in [4.69, 9.17) is 10.00 Å². The van der Waals surface area contributed by atoms with Gasteiger partial charge in [-0.2, -0.15) is 10.4 Å². The first-order valence-corrected chi connectivity index (χ1v) is 5.46. The predicted octanol–water partition coefficient (Wildman–Crippen LogP) is 2.21. The van der Waals surface area contributed by atoms with Gasteiger partial charge in [0, 0.05) is 24.4 Å². The molecule has 0 amide bonds. The van der Waals surface area contributed by atoms with Gasteiger partial charge in [-0.15, -0.1) is 0 Å². The van der Waals surface area contributed by atoms with Crippen molar-refractivity contribution >= 4 is 0 Å². The molecule has 1 aromatic carbocycles. The van der Waals surface area contributed by atoms with Gasteiger partial charge in [0.05, 0.1) is 31.0 Å². The van der Waals surface area contributed by atoms with Crippen molar-refractivity contribution in [2.45, 2.75) is 6.54 Å². The van der Waals surface area contributed by atoms with Gasteiger partial charge in [0.1, 0.15) is 5.82 Å². The second kappa shape index (κ2) is 5.43. The average molecular weight is 245 g/mol. The summed E-state index contributed by atoms with van der Waals surface area (Å²) in [6, 6.07) is 6.13. The fourth-order valence-electron chi connectivity index (χ4n) is 1.66. The third-order valence-electron chi connectivity index (χ3n) is 2.57. The highest BCUT2D eigenvalue weighted by Crippen LogP contribution is 2.23. The van der Waals surface area contributed by atoms with E-state index in [9.17, 15) is 4.39 Å². The van der Waals surface area contributed by atoms with Crippen LogP contribution in [0.1, 0.15) is 5.56 Å². The van der Waals surface area contributed by atoms with Gasteiger partial charge in [0.15, 0.2) is 0 Å². The summed E-state index contributed by atoms with van der Waals surface area (Å²) in [6.07, 6.45) is 3.39. The molecule has 0 aliphatic carbocycles. The van der Waals surface area contributed by atoms with Gasteiger partial charge in [-0.05, 0) is 18.2 Å². The maximum atomic E-state index is 13.2. The number of hydrogen-bond donors (Lipinski definition) is 0. The zero-order valence-corrected chi connectivity index (χ0v) is 9.93. The summed E-state index contributed by atoms with van der Waals surface area (Å²) in [5.41, 5.74) is 1.71. The van der Waals surface area contributed by atoms with Crippen LogP contribution < -0.4 is 0 Å². The van der Waals surface area contributed by atoms with Gasteiger partial charge in [-0.3, -0.25) is 4.68 Å². The molecule has 0 fully saturated rings. The Hall–Kier alpha value is -2.19. The van der Waals surface area contributed by atoms with Crippen LogP contribution in [0.25, 0.3) is 11.1 Å². The van der Waals surface area contributed by atoms with Crippen molar-refractivity contribution in [3.8, 4) is 17.2 Å². The van der Waals surface area contributed by atoms with E-state index in [0.29, 0.717) is 24.3 Å². The number of methoxy groups -OCH3 is 1. The lowest BCUT2D eigenvalue weighted by atomic mass is 10.0. The lowest BCUT2D eigenvalue weighted by Crippen LogP contribution is -2.03. The molecule has 0 bridgehead atoms. The number of aromatic nitrogens is 2. The molecule has 1 heterocycles. The molecule has 0 radical (unpaired) electrons. The molecule has 0 unspecified atom stereocenters. The molecule has 2 aromatic rings. The summed E-state index contributed by atoms with van der Waals surface area (Å²) in [5.74, 6) is -0.367. The summed E-state index contributed by atoms with van der Waals surface area (Å²) >= 11 is 0. The number of nitrogens with zero attached hydrogens (tertiary/aromatic N) is 3. The number of rotatable bonds is 4. The lowest BCUT2D eigenvalue weighted by molar-refractivity contribution is 0.183. The van der Waals surface area contributed by atoms with Gasteiger partial charge in [-0.1, -0.05) is 0 Å². The second-order valence-electron chi connectivity index (χ2n) is 3.79. The molecule has 0 saturated carbocycles. The molecule has 0 spiro atoms. The number of ether oxygens (including phenoxy) is 1. The monoisotopic (exact) mass is 245 g/mol. The molecule has 2 rings (SSSR count). The molecule has 18 heavy (non-hydrogen) atoms. The first-order valence-electron chi connectivity index (χ1n) is 5.46. The maximum Gasteiger partial charge on any atom is 0.123 e. The highest BCUT2D eigenvalue weighted by atomic mass is 19.1. The minimum atomic E-state index is -0.367. The Bertz CT molecular complexity index is 586. The highest BCUT2D eigenvalue weighted by Gasteiger charge is 2.08. The van der Waals surface area contributed by atoms with Gasteiger partial charge in [0.2, 0.25) is 0 Å². The van der Waals surface area contributed by atoms with Crippen molar-refractivity contribution in [2.75, 3.05) is 13.7 Å². The lowest BCUT2D eigenvalue weighted by Gasteiger charge is -2.01. The van der Waals surface area contributed by atoms with Gasteiger partial charge < -0.3 is 4.74 Å². The zero-order valence-electron chi connectivity index (χ0n) is 9.93. The van der Waals surface area contributed by atoms with Gasteiger partial charge >= 0.3 is 0 Å². The molecule has 0 aliphatic heterocycles. The third kappa shape index (κ3) is 2.55. The van der Waals surface area contributed by atoms with Crippen molar-refractivity contribution in [2.24, 2.45) is 0 Å². The Morgan fingerprint density at radius 2 is 2.33 bits per heavy atom. The summed E-state index contributed by atoms with van der Waals surface area (Å²) in [5, 5.41) is 13.1. The first kappa shape index (κ1) is 12.3. The summed E-state index contributed by atoms with van der Waals surface area (Å²) < 4.78 is 19.9. The van der Waals surface area contributed by atoms with E-state index in [2.05, 4.69) is 5.10 Å². The largest absolute Gasteiger partial charge is 0.383 e. The Morgan fingerprint density at radius 3 is 3.06 bits per heavy atom. The molecule has 5 heteroatoms.